The van der Waals surface area contributed by atoms with Crippen LogP contribution in [0.1, 0.15) is 28.5 Å². The predicted octanol–water partition coefficient (Wildman–Crippen LogP) is 3.63. The van der Waals surface area contributed by atoms with E-state index in [-0.39, 0.29) is 17.1 Å². The third-order valence-corrected chi connectivity index (χ3v) is 4.21. The van der Waals surface area contributed by atoms with Crippen LogP contribution in [0.15, 0.2) is 40.9 Å². The van der Waals surface area contributed by atoms with Crippen molar-refractivity contribution in [3.63, 3.8) is 0 Å². The SMILES string of the molecule is CCn1nc2ccccc2c1C(=O)c1cc(Br)c(O)c(C#N)c1. The van der Waals surface area contributed by atoms with Crippen molar-refractivity contribution >= 4 is 32.6 Å². The minimum absolute atomic E-state index is 0.0506. The Labute approximate surface area is 140 Å². The van der Waals surface area contributed by atoms with Gasteiger partial charge in [0.2, 0.25) is 5.78 Å². The third-order valence-electron chi connectivity index (χ3n) is 3.61. The Morgan fingerprint density at radius 2 is 2.13 bits per heavy atom. The monoisotopic (exact) mass is 369 g/mol. The fraction of sp³-hybridized carbons (Fsp3) is 0.118. The van der Waals surface area contributed by atoms with Crippen LogP contribution in [0.3, 0.4) is 0 Å². The molecule has 2 aromatic carbocycles. The van der Waals surface area contributed by atoms with E-state index in [0.717, 1.165) is 10.9 Å². The number of hydrogen-bond donors (Lipinski definition) is 1. The predicted molar refractivity (Wildman–Crippen MR) is 89.4 cm³/mol. The molecule has 0 spiro atoms. The summed E-state index contributed by atoms with van der Waals surface area (Å²) < 4.78 is 1.96. The van der Waals surface area contributed by atoms with E-state index < -0.39 is 0 Å². The molecule has 0 fully saturated rings. The normalized spacial score (nSPS) is 10.7. The highest BCUT2D eigenvalue weighted by Gasteiger charge is 2.21. The molecule has 5 nitrogen and oxygen atoms in total. The molecule has 1 N–H and O–H groups in total. The minimum Gasteiger partial charge on any atom is -0.505 e. The van der Waals surface area contributed by atoms with Crippen molar-refractivity contribution in [1.29, 1.82) is 5.26 Å². The van der Waals surface area contributed by atoms with E-state index in [0.29, 0.717) is 22.3 Å². The largest absolute Gasteiger partial charge is 0.505 e. The van der Waals surface area contributed by atoms with E-state index in [2.05, 4.69) is 21.0 Å². The van der Waals surface area contributed by atoms with Crippen molar-refractivity contribution < 1.29 is 9.90 Å². The van der Waals surface area contributed by atoms with Crippen molar-refractivity contribution in [3.05, 3.63) is 57.7 Å². The number of carbonyl (C=O) groups excluding carboxylic acids is 1. The van der Waals surface area contributed by atoms with Crippen molar-refractivity contribution in [1.82, 2.24) is 9.78 Å². The van der Waals surface area contributed by atoms with Gasteiger partial charge in [-0.25, -0.2) is 0 Å². The van der Waals surface area contributed by atoms with Gasteiger partial charge in [0.25, 0.3) is 0 Å². The molecule has 0 saturated carbocycles. The molecule has 0 aliphatic heterocycles. The number of carbonyl (C=O) groups is 1. The molecule has 3 rings (SSSR count). The van der Waals surface area contributed by atoms with Gasteiger partial charge in [-0.15, -0.1) is 0 Å². The fourth-order valence-electron chi connectivity index (χ4n) is 2.50. The lowest BCUT2D eigenvalue weighted by molar-refractivity contribution is 0.103. The summed E-state index contributed by atoms with van der Waals surface area (Å²) in [5.74, 6) is -0.407. The maximum atomic E-state index is 13.0. The highest BCUT2D eigenvalue weighted by atomic mass is 79.9. The molecular weight excluding hydrogens is 358 g/mol. The summed E-state index contributed by atoms with van der Waals surface area (Å²) in [4.78, 5) is 13.0. The molecule has 0 amide bonds. The van der Waals surface area contributed by atoms with Crippen LogP contribution in [0, 0.1) is 11.3 Å². The maximum absolute atomic E-state index is 13.0. The molecule has 23 heavy (non-hydrogen) atoms. The number of rotatable bonds is 3. The molecule has 0 radical (unpaired) electrons. The quantitative estimate of drug-likeness (QED) is 0.714. The second-order valence-electron chi connectivity index (χ2n) is 4.98. The Bertz CT molecular complexity index is 970. The first kappa shape index (κ1) is 15.3. The van der Waals surface area contributed by atoms with Gasteiger partial charge >= 0.3 is 0 Å². The molecule has 6 heteroatoms. The Hall–Kier alpha value is -2.65. The van der Waals surface area contributed by atoms with E-state index in [1.807, 2.05) is 37.3 Å². The van der Waals surface area contributed by atoms with Gasteiger partial charge in [-0.3, -0.25) is 9.48 Å². The second kappa shape index (κ2) is 5.86. The number of benzene rings is 2. The molecular formula is C17H12BrN3O2. The van der Waals surface area contributed by atoms with Crippen LogP contribution in [-0.2, 0) is 6.54 Å². The zero-order valence-electron chi connectivity index (χ0n) is 12.2. The number of halogens is 1. The van der Waals surface area contributed by atoms with Gasteiger partial charge in [-0.1, -0.05) is 18.2 Å². The number of aryl methyl sites for hydroxylation is 1. The van der Waals surface area contributed by atoms with Crippen LogP contribution in [0.5, 0.6) is 5.75 Å². The topological polar surface area (TPSA) is 78.9 Å². The number of aromatic hydroxyl groups is 1. The Morgan fingerprint density at radius 1 is 1.39 bits per heavy atom. The van der Waals surface area contributed by atoms with Gasteiger partial charge in [0.15, 0.2) is 0 Å². The first-order valence-corrected chi connectivity index (χ1v) is 7.79. The van der Waals surface area contributed by atoms with E-state index in [4.69, 9.17) is 5.26 Å². The third kappa shape index (κ3) is 2.49. The second-order valence-corrected chi connectivity index (χ2v) is 5.83. The number of hydrogen-bond acceptors (Lipinski definition) is 4. The molecule has 1 heterocycles. The Morgan fingerprint density at radius 3 is 2.83 bits per heavy atom. The summed E-state index contributed by atoms with van der Waals surface area (Å²) in [6.07, 6.45) is 0. The van der Waals surface area contributed by atoms with Crippen molar-refractivity contribution in [2.24, 2.45) is 0 Å². The summed E-state index contributed by atoms with van der Waals surface area (Å²) in [5.41, 5.74) is 1.60. The molecule has 0 aliphatic rings. The number of nitriles is 1. The lowest BCUT2D eigenvalue weighted by Gasteiger charge is -2.07. The molecule has 1 aromatic heterocycles. The number of nitrogens with zero attached hydrogens (tertiary/aromatic N) is 3. The zero-order chi connectivity index (χ0) is 16.6. The Balaban J connectivity index is 2.22. The van der Waals surface area contributed by atoms with Crippen LogP contribution in [0.4, 0.5) is 0 Å². The highest BCUT2D eigenvalue weighted by molar-refractivity contribution is 9.10. The van der Waals surface area contributed by atoms with Gasteiger partial charge in [0.1, 0.15) is 17.5 Å². The summed E-state index contributed by atoms with van der Waals surface area (Å²) >= 11 is 3.18. The van der Waals surface area contributed by atoms with E-state index in [1.165, 1.54) is 12.1 Å². The number of fused-ring (bicyclic) bond motifs is 1. The lowest BCUT2D eigenvalue weighted by Crippen LogP contribution is -2.11. The highest BCUT2D eigenvalue weighted by Crippen LogP contribution is 2.31. The van der Waals surface area contributed by atoms with Gasteiger partial charge < -0.3 is 5.11 Å². The number of ketones is 1. The van der Waals surface area contributed by atoms with Crippen LogP contribution in [-0.4, -0.2) is 20.7 Å². The van der Waals surface area contributed by atoms with Gasteiger partial charge in [0, 0.05) is 17.5 Å². The summed E-state index contributed by atoms with van der Waals surface area (Å²) in [6.45, 7) is 2.47. The number of aromatic nitrogens is 2. The smallest absolute Gasteiger partial charge is 0.211 e. The van der Waals surface area contributed by atoms with Crippen LogP contribution in [0.25, 0.3) is 10.9 Å². The summed E-state index contributed by atoms with van der Waals surface area (Å²) in [6, 6.07) is 12.2. The Kier molecular flexibility index (Phi) is 3.89. The molecule has 0 atom stereocenters. The molecule has 0 unspecified atom stereocenters. The molecule has 0 saturated heterocycles. The summed E-state index contributed by atoms with van der Waals surface area (Å²) in [7, 11) is 0. The molecule has 3 aromatic rings. The number of phenols is 1. The zero-order valence-corrected chi connectivity index (χ0v) is 13.8. The first-order valence-electron chi connectivity index (χ1n) is 6.99. The first-order chi connectivity index (χ1) is 11.1. The molecule has 114 valence electrons. The maximum Gasteiger partial charge on any atom is 0.211 e. The van der Waals surface area contributed by atoms with Crippen molar-refractivity contribution in [2.75, 3.05) is 0 Å². The van der Waals surface area contributed by atoms with Gasteiger partial charge in [-0.05, 0) is 41.1 Å². The lowest BCUT2D eigenvalue weighted by atomic mass is 10.0. The van der Waals surface area contributed by atoms with Crippen molar-refractivity contribution in [3.8, 4) is 11.8 Å². The van der Waals surface area contributed by atoms with Gasteiger partial charge in [0.05, 0.1) is 15.6 Å². The van der Waals surface area contributed by atoms with E-state index in [1.54, 1.807) is 4.68 Å². The van der Waals surface area contributed by atoms with E-state index >= 15 is 0 Å². The van der Waals surface area contributed by atoms with Crippen molar-refractivity contribution in [2.45, 2.75) is 13.5 Å². The van der Waals surface area contributed by atoms with Gasteiger partial charge in [-0.2, -0.15) is 10.4 Å². The fourth-order valence-corrected chi connectivity index (χ4v) is 2.96. The number of phenolic OH excluding ortho intramolecular Hbond substituents is 1. The molecule has 0 bridgehead atoms. The van der Waals surface area contributed by atoms with E-state index in [9.17, 15) is 9.90 Å². The summed E-state index contributed by atoms with van der Waals surface area (Å²) in [5, 5.41) is 24.1. The minimum atomic E-state index is -0.238. The standard InChI is InChI=1S/C17H12BrN3O2/c1-2-21-15(12-5-3-4-6-14(12)20-21)17(23)10-7-11(9-19)16(22)13(18)8-10/h3-8,22H,2H2,1H3. The van der Waals surface area contributed by atoms with Crippen LogP contribution >= 0.6 is 15.9 Å². The molecule has 0 aliphatic carbocycles. The average molecular weight is 370 g/mol. The van der Waals surface area contributed by atoms with Crippen LogP contribution < -0.4 is 0 Å². The van der Waals surface area contributed by atoms with Crippen LogP contribution in [0.2, 0.25) is 0 Å². The average Bonchev–Trinajstić information content (AvgIpc) is 2.95.